The van der Waals surface area contributed by atoms with E-state index in [2.05, 4.69) is 20.9 Å². The standard InChI is InChI=1S/C8H8BrNO3/c9-8-10-5(4-2-1-3-4)6(13-8)7(11)12/h4H,1-3H2,(H,11,12). The van der Waals surface area contributed by atoms with Crippen LogP contribution in [0.15, 0.2) is 9.22 Å². The number of oxazole rings is 1. The summed E-state index contributed by atoms with van der Waals surface area (Å²) < 4.78 is 4.94. The number of aromatic nitrogens is 1. The molecule has 0 aliphatic heterocycles. The lowest BCUT2D eigenvalue weighted by Gasteiger charge is -2.23. The molecule has 0 bridgehead atoms. The SMILES string of the molecule is O=C(O)c1oc(Br)nc1C1CCC1. The van der Waals surface area contributed by atoms with Crippen LogP contribution in [-0.2, 0) is 0 Å². The summed E-state index contributed by atoms with van der Waals surface area (Å²) in [6.45, 7) is 0. The van der Waals surface area contributed by atoms with E-state index in [0.29, 0.717) is 5.69 Å². The van der Waals surface area contributed by atoms with Crippen molar-refractivity contribution in [3.63, 3.8) is 0 Å². The van der Waals surface area contributed by atoms with Crippen LogP contribution in [0.5, 0.6) is 0 Å². The lowest BCUT2D eigenvalue weighted by molar-refractivity contribution is 0.0657. The second-order valence-electron chi connectivity index (χ2n) is 3.11. The van der Waals surface area contributed by atoms with E-state index < -0.39 is 5.97 Å². The number of aromatic carboxylic acids is 1. The molecule has 1 aliphatic carbocycles. The van der Waals surface area contributed by atoms with Gasteiger partial charge in [0, 0.05) is 21.8 Å². The minimum Gasteiger partial charge on any atom is -0.475 e. The highest BCUT2D eigenvalue weighted by Gasteiger charge is 2.29. The lowest BCUT2D eigenvalue weighted by atomic mass is 9.82. The van der Waals surface area contributed by atoms with Crippen LogP contribution in [0.4, 0.5) is 0 Å². The van der Waals surface area contributed by atoms with Crippen molar-refractivity contribution in [2.24, 2.45) is 0 Å². The molecule has 1 aromatic heterocycles. The first kappa shape index (κ1) is 8.74. The van der Waals surface area contributed by atoms with Gasteiger partial charge in [-0.3, -0.25) is 0 Å². The first-order chi connectivity index (χ1) is 6.18. The van der Waals surface area contributed by atoms with E-state index in [1.807, 2.05) is 0 Å². The molecular weight excluding hydrogens is 238 g/mol. The van der Waals surface area contributed by atoms with Crippen LogP contribution < -0.4 is 0 Å². The van der Waals surface area contributed by atoms with Gasteiger partial charge in [-0.25, -0.2) is 9.78 Å². The van der Waals surface area contributed by atoms with Crippen LogP contribution in [0.2, 0.25) is 0 Å². The predicted octanol–water partition coefficient (Wildman–Crippen LogP) is 2.40. The fourth-order valence-electron chi connectivity index (χ4n) is 1.42. The van der Waals surface area contributed by atoms with Gasteiger partial charge in [0.25, 0.3) is 4.80 Å². The molecule has 0 unspecified atom stereocenters. The Morgan fingerprint density at radius 3 is 2.77 bits per heavy atom. The van der Waals surface area contributed by atoms with Gasteiger partial charge in [0.1, 0.15) is 0 Å². The largest absolute Gasteiger partial charge is 0.475 e. The molecule has 1 fully saturated rings. The monoisotopic (exact) mass is 245 g/mol. The molecule has 13 heavy (non-hydrogen) atoms. The fourth-order valence-corrected chi connectivity index (χ4v) is 1.77. The van der Waals surface area contributed by atoms with Crippen molar-refractivity contribution < 1.29 is 14.3 Å². The maximum atomic E-state index is 10.7. The van der Waals surface area contributed by atoms with E-state index in [0.717, 1.165) is 19.3 Å². The van der Waals surface area contributed by atoms with Crippen LogP contribution in [-0.4, -0.2) is 16.1 Å². The summed E-state index contributed by atoms with van der Waals surface area (Å²) in [4.78, 5) is 15.0. The van der Waals surface area contributed by atoms with Crippen LogP contribution in [0.1, 0.15) is 41.4 Å². The summed E-state index contributed by atoms with van der Waals surface area (Å²) in [5, 5.41) is 8.79. The van der Waals surface area contributed by atoms with Crippen LogP contribution in [0.25, 0.3) is 0 Å². The van der Waals surface area contributed by atoms with E-state index in [9.17, 15) is 4.79 Å². The lowest BCUT2D eigenvalue weighted by Crippen LogP contribution is -2.13. The minimum atomic E-state index is -1.04. The summed E-state index contributed by atoms with van der Waals surface area (Å²) in [5.41, 5.74) is 0.589. The number of halogens is 1. The zero-order valence-electron chi connectivity index (χ0n) is 6.79. The van der Waals surface area contributed by atoms with Crippen molar-refractivity contribution in [1.82, 2.24) is 4.98 Å². The van der Waals surface area contributed by atoms with Gasteiger partial charge in [-0.15, -0.1) is 0 Å². The molecule has 0 amide bonds. The molecule has 0 saturated heterocycles. The van der Waals surface area contributed by atoms with Crippen LogP contribution in [0.3, 0.4) is 0 Å². The molecule has 4 nitrogen and oxygen atoms in total. The van der Waals surface area contributed by atoms with Gasteiger partial charge in [0.15, 0.2) is 0 Å². The van der Waals surface area contributed by atoms with E-state index in [-0.39, 0.29) is 16.5 Å². The number of rotatable bonds is 2. The van der Waals surface area contributed by atoms with Crippen molar-refractivity contribution in [2.75, 3.05) is 0 Å². The Morgan fingerprint density at radius 2 is 2.31 bits per heavy atom. The molecular formula is C8H8BrNO3. The quantitative estimate of drug-likeness (QED) is 0.870. The van der Waals surface area contributed by atoms with Crippen molar-refractivity contribution in [2.45, 2.75) is 25.2 Å². The molecule has 1 aliphatic rings. The first-order valence-corrected chi connectivity index (χ1v) is 4.87. The second-order valence-corrected chi connectivity index (χ2v) is 3.79. The van der Waals surface area contributed by atoms with Gasteiger partial charge in [-0.2, -0.15) is 0 Å². The highest BCUT2D eigenvalue weighted by atomic mass is 79.9. The van der Waals surface area contributed by atoms with Gasteiger partial charge in [-0.1, -0.05) is 6.42 Å². The molecule has 1 saturated carbocycles. The van der Waals surface area contributed by atoms with Gasteiger partial charge >= 0.3 is 5.97 Å². The predicted molar refractivity (Wildman–Crippen MR) is 47.8 cm³/mol. The summed E-state index contributed by atoms with van der Waals surface area (Å²) >= 11 is 3.03. The molecule has 5 heteroatoms. The first-order valence-electron chi connectivity index (χ1n) is 4.08. The molecule has 0 atom stereocenters. The second kappa shape index (κ2) is 3.14. The Hall–Kier alpha value is -0.840. The summed E-state index contributed by atoms with van der Waals surface area (Å²) in [5.74, 6) is -0.780. The number of nitrogens with zero attached hydrogens (tertiary/aromatic N) is 1. The minimum absolute atomic E-state index is 0.0171. The summed E-state index contributed by atoms with van der Waals surface area (Å²) in [6, 6.07) is 0. The van der Waals surface area contributed by atoms with Gasteiger partial charge < -0.3 is 9.52 Å². The topological polar surface area (TPSA) is 63.3 Å². The maximum Gasteiger partial charge on any atom is 0.373 e. The molecule has 1 N–H and O–H groups in total. The molecule has 1 aromatic rings. The zero-order chi connectivity index (χ0) is 9.42. The summed E-state index contributed by atoms with van der Waals surface area (Å²) in [6.07, 6.45) is 3.17. The normalized spacial score (nSPS) is 17.0. The van der Waals surface area contributed by atoms with Crippen molar-refractivity contribution in [1.29, 1.82) is 0 Å². The van der Waals surface area contributed by atoms with E-state index in [1.54, 1.807) is 0 Å². The maximum absolute atomic E-state index is 10.7. The van der Waals surface area contributed by atoms with Crippen molar-refractivity contribution in [3.05, 3.63) is 16.3 Å². The fraction of sp³-hybridized carbons (Fsp3) is 0.500. The van der Waals surface area contributed by atoms with Gasteiger partial charge in [0.05, 0.1) is 5.69 Å². The van der Waals surface area contributed by atoms with Crippen LogP contribution in [0, 0.1) is 0 Å². The van der Waals surface area contributed by atoms with E-state index in [4.69, 9.17) is 9.52 Å². The highest BCUT2D eigenvalue weighted by molar-refractivity contribution is 9.10. The van der Waals surface area contributed by atoms with Gasteiger partial charge in [-0.05, 0) is 12.8 Å². The third kappa shape index (κ3) is 1.48. The smallest absolute Gasteiger partial charge is 0.373 e. The Morgan fingerprint density at radius 1 is 1.62 bits per heavy atom. The van der Waals surface area contributed by atoms with Gasteiger partial charge in [0.2, 0.25) is 5.76 Å². The number of hydrogen-bond donors (Lipinski definition) is 1. The number of carbonyl (C=O) groups is 1. The molecule has 2 rings (SSSR count). The molecule has 0 radical (unpaired) electrons. The van der Waals surface area contributed by atoms with Crippen LogP contribution >= 0.6 is 15.9 Å². The molecule has 70 valence electrons. The zero-order valence-corrected chi connectivity index (χ0v) is 8.37. The highest BCUT2D eigenvalue weighted by Crippen LogP contribution is 2.38. The average Bonchev–Trinajstić information content (AvgIpc) is 2.27. The Kier molecular flexibility index (Phi) is 2.11. The average molecular weight is 246 g/mol. The number of hydrogen-bond acceptors (Lipinski definition) is 3. The summed E-state index contributed by atoms with van der Waals surface area (Å²) in [7, 11) is 0. The Labute approximate surface area is 83.1 Å². The van der Waals surface area contributed by atoms with E-state index in [1.165, 1.54) is 0 Å². The number of carboxylic acids is 1. The van der Waals surface area contributed by atoms with E-state index >= 15 is 0 Å². The number of carboxylic acid groups (broad SMARTS) is 1. The Balaban J connectivity index is 2.36. The van der Waals surface area contributed by atoms with Crippen molar-refractivity contribution in [3.8, 4) is 0 Å². The van der Waals surface area contributed by atoms with Crippen molar-refractivity contribution >= 4 is 21.9 Å². The Bertz CT molecular complexity index is 343. The molecule has 1 heterocycles. The third-order valence-electron chi connectivity index (χ3n) is 2.31. The molecule has 0 aromatic carbocycles. The molecule has 0 spiro atoms. The third-order valence-corrected chi connectivity index (χ3v) is 2.65.